The molecule has 0 aliphatic carbocycles. The van der Waals surface area contributed by atoms with E-state index in [0.717, 1.165) is 56.0 Å². The van der Waals surface area contributed by atoms with Crippen LogP contribution in [0.25, 0.3) is 11.0 Å². The second-order valence-corrected chi connectivity index (χ2v) is 7.45. The minimum absolute atomic E-state index is 0.113. The molecule has 1 fully saturated rings. The molecular formula is C20H30N4O2. The average Bonchev–Trinajstić information content (AvgIpc) is 3.03. The summed E-state index contributed by atoms with van der Waals surface area (Å²) in [6.07, 6.45) is 1.74. The first kappa shape index (κ1) is 18.7. The maximum Gasteiger partial charge on any atom is 0.223 e. The van der Waals surface area contributed by atoms with E-state index in [4.69, 9.17) is 9.72 Å². The first-order valence-electron chi connectivity index (χ1n) is 9.57. The van der Waals surface area contributed by atoms with Crippen LogP contribution >= 0.6 is 0 Å². The highest BCUT2D eigenvalue weighted by molar-refractivity contribution is 5.80. The quantitative estimate of drug-likeness (QED) is 0.827. The third-order valence-electron chi connectivity index (χ3n) is 4.99. The van der Waals surface area contributed by atoms with E-state index in [1.165, 1.54) is 0 Å². The van der Waals surface area contributed by atoms with Crippen LogP contribution in [0.15, 0.2) is 24.3 Å². The van der Waals surface area contributed by atoms with E-state index >= 15 is 0 Å². The Morgan fingerprint density at radius 2 is 2.04 bits per heavy atom. The summed E-state index contributed by atoms with van der Waals surface area (Å²) in [6, 6.07) is 8.22. The summed E-state index contributed by atoms with van der Waals surface area (Å²) in [6.45, 7) is 8.14. The highest BCUT2D eigenvalue weighted by atomic mass is 16.5. The predicted molar refractivity (Wildman–Crippen MR) is 104 cm³/mol. The average molecular weight is 358 g/mol. The van der Waals surface area contributed by atoms with Crippen molar-refractivity contribution < 1.29 is 9.53 Å². The van der Waals surface area contributed by atoms with Gasteiger partial charge in [0.25, 0.3) is 0 Å². The number of imidazole rings is 1. The Kier molecular flexibility index (Phi) is 6.14. The van der Waals surface area contributed by atoms with Gasteiger partial charge in [-0.25, -0.2) is 4.98 Å². The van der Waals surface area contributed by atoms with E-state index in [1.54, 1.807) is 7.11 Å². The van der Waals surface area contributed by atoms with E-state index in [2.05, 4.69) is 34.7 Å². The van der Waals surface area contributed by atoms with Crippen LogP contribution in [0.5, 0.6) is 0 Å². The standard InChI is InChI=1S/C20H30N4O2/c1-15(2)14-21-19(25)16-8-10-23(11-9-16)20-22-17-6-4-5-7-18(17)24(20)12-13-26-3/h4-7,15-16H,8-14H2,1-3H3,(H,21,25). The zero-order valence-electron chi connectivity index (χ0n) is 16.1. The van der Waals surface area contributed by atoms with Crippen molar-refractivity contribution in [3.8, 4) is 0 Å². The lowest BCUT2D eigenvalue weighted by Crippen LogP contribution is -2.42. The largest absolute Gasteiger partial charge is 0.383 e. The Bertz CT molecular complexity index is 732. The number of piperidine rings is 1. The molecule has 0 saturated carbocycles. The number of aromatic nitrogens is 2. The van der Waals surface area contributed by atoms with Crippen LogP contribution in [0, 0.1) is 11.8 Å². The van der Waals surface area contributed by atoms with E-state index in [9.17, 15) is 4.79 Å². The van der Waals surface area contributed by atoms with Crippen molar-refractivity contribution in [2.24, 2.45) is 11.8 Å². The van der Waals surface area contributed by atoms with Crippen LogP contribution in [0.3, 0.4) is 0 Å². The number of carbonyl (C=O) groups excluding carboxylic acids is 1. The smallest absolute Gasteiger partial charge is 0.223 e. The van der Waals surface area contributed by atoms with Crippen molar-refractivity contribution in [1.82, 2.24) is 14.9 Å². The lowest BCUT2D eigenvalue weighted by Gasteiger charge is -2.32. The molecule has 26 heavy (non-hydrogen) atoms. The van der Waals surface area contributed by atoms with Gasteiger partial charge in [0, 0.05) is 39.2 Å². The lowest BCUT2D eigenvalue weighted by atomic mass is 9.96. The third kappa shape index (κ3) is 4.18. The number of ether oxygens (including phenoxy) is 1. The summed E-state index contributed by atoms with van der Waals surface area (Å²) in [5.74, 6) is 1.79. The van der Waals surface area contributed by atoms with Crippen molar-refractivity contribution in [3.63, 3.8) is 0 Å². The summed E-state index contributed by atoms with van der Waals surface area (Å²) < 4.78 is 7.52. The molecule has 2 aromatic rings. The zero-order chi connectivity index (χ0) is 18.5. The van der Waals surface area contributed by atoms with E-state index in [-0.39, 0.29) is 11.8 Å². The Balaban J connectivity index is 1.70. The van der Waals surface area contributed by atoms with Gasteiger partial charge in [-0.3, -0.25) is 4.79 Å². The predicted octanol–water partition coefficient (Wildman–Crippen LogP) is 2.67. The van der Waals surface area contributed by atoms with Crippen LogP contribution in [0.1, 0.15) is 26.7 Å². The Morgan fingerprint density at radius 3 is 2.73 bits per heavy atom. The van der Waals surface area contributed by atoms with Crippen molar-refractivity contribution in [2.45, 2.75) is 33.2 Å². The molecular weight excluding hydrogens is 328 g/mol. The van der Waals surface area contributed by atoms with E-state index in [1.807, 2.05) is 18.2 Å². The molecule has 0 unspecified atom stereocenters. The van der Waals surface area contributed by atoms with Crippen molar-refractivity contribution in [1.29, 1.82) is 0 Å². The molecule has 1 saturated heterocycles. The molecule has 1 aromatic heterocycles. The fourth-order valence-electron chi connectivity index (χ4n) is 3.50. The fraction of sp³-hybridized carbons (Fsp3) is 0.600. The molecule has 6 nitrogen and oxygen atoms in total. The number of nitrogens with one attached hydrogen (secondary N) is 1. The summed E-state index contributed by atoms with van der Waals surface area (Å²) >= 11 is 0. The maximum absolute atomic E-state index is 12.3. The number of carbonyl (C=O) groups is 1. The van der Waals surface area contributed by atoms with Crippen molar-refractivity contribution >= 4 is 22.9 Å². The first-order valence-corrected chi connectivity index (χ1v) is 9.57. The van der Waals surface area contributed by atoms with Gasteiger partial charge in [-0.1, -0.05) is 26.0 Å². The number of amides is 1. The first-order chi connectivity index (χ1) is 12.6. The third-order valence-corrected chi connectivity index (χ3v) is 4.99. The van der Waals surface area contributed by atoms with Gasteiger partial charge in [-0.05, 0) is 30.9 Å². The number of para-hydroxylation sites is 2. The minimum Gasteiger partial charge on any atom is -0.383 e. The van der Waals surface area contributed by atoms with Crippen molar-refractivity contribution in [3.05, 3.63) is 24.3 Å². The number of hydrogen-bond acceptors (Lipinski definition) is 4. The van der Waals surface area contributed by atoms with Gasteiger partial charge in [0.15, 0.2) is 0 Å². The number of methoxy groups -OCH3 is 1. The Hall–Kier alpha value is -2.08. The van der Waals surface area contributed by atoms with Crippen LogP contribution in [0.2, 0.25) is 0 Å². The van der Waals surface area contributed by atoms with Gasteiger partial charge >= 0.3 is 0 Å². The number of hydrogen-bond donors (Lipinski definition) is 1. The van der Waals surface area contributed by atoms with Gasteiger partial charge in [-0.15, -0.1) is 0 Å². The molecule has 1 aromatic carbocycles. The molecule has 1 amide bonds. The number of anilines is 1. The van der Waals surface area contributed by atoms with E-state index < -0.39 is 0 Å². The van der Waals surface area contributed by atoms with Gasteiger partial charge < -0.3 is 19.5 Å². The van der Waals surface area contributed by atoms with Gasteiger partial charge in [0.2, 0.25) is 11.9 Å². The fourth-order valence-corrected chi connectivity index (χ4v) is 3.50. The monoisotopic (exact) mass is 358 g/mol. The zero-order valence-corrected chi connectivity index (χ0v) is 16.1. The second kappa shape index (κ2) is 8.54. The van der Waals surface area contributed by atoms with Gasteiger partial charge in [0.05, 0.1) is 17.6 Å². The highest BCUT2D eigenvalue weighted by Crippen LogP contribution is 2.27. The molecule has 2 heterocycles. The van der Waals surface area contributed by atoms with Crippen LogP contribution in [-0.4, -0.2) is 48.8 Å². The maximum atomic E-state index is 12.3. The normalized spacial score (nSPS) is 15.8. The minimum atomic E-state index is 0.113. The summed E-state index contributed by atoms with van der Waals surface area (Å²) in [5, 5.41) is 3.07. The summed E-state index contributed by atoms with van der Waals surface area (Å²) in [5.41, 5.74) is 2.15. The number of nitrogens with zero attached hydrogens (tertiary/aromatic N) is 3. The molecule has 0 bridgehead atoms. The number of benzene rings is 1. The molecule has 0 atom stereocenters. The van der Waals surface area contributed by atoms with E-state index in [0.29, 0.717) is 12.5 Å². The molecule has 1 aliphatic heterocycles. The molecule has 1 aliphatic rings. The lowest BCUT2D eigenvalue weighted by molar-refractivity contribution is -0.125. The molecule has 6 heteroatoms. The molecule has 142 valence electrons. The SMILES string of the molecule is COCCn1c(N2CCC(C(=O)NCC(C)C)CC2)nc2ccccc21. The summed E-state index contributed by atoms with van der Waals surface area (Å²) in [7, 11) is 1.72. The number of fused-ring (bicyclic) bond motifs is 1. The molecule has 0 radical (unpaired) electrons. The van der Waals surface area contributed by atoms with Crippen molar-refractivity contribution in [2.75, 3.05) is 38.3 Å². The second-order valence-electron chi connectivity index (χ2n) is 7.45. The molecule has 3 rings (SSSR count). The molecule has 1 N–H and O–H groups in total. The number of rotatable bonds is 7. The Morgan fingerprint density at radius 1 is 1.31 bits per heavy atom. The highest BCUT2D eigenvalue weighted by Gasteiger charge is 2.27. The van der Waals surface area contributed by atoms with Crippen LogP contribution < -0.4 is 10.2 Å². The summed E-state index contributed by atoms with van der Waals surface area (Å²) in [4.78, 5) is 19.5. The molecule has 0 spiro atoms. The van der Waals surface area contributed by atoms with Crippen LogP contribution in [0.4, 0.5) is 5.95 Å². The van der Waals surface area contributed by atoms with Crippen LogP contribution in [-0.2, 0) is 16.1 Å². The van der Waals surface area contributed by atoms with Gasteiger partial charge in [0.1, 0.15) is 0 Å². The Labute approximate surface area is 155 Å². The topological polar surface area (TPSA) is 59.4 Å². The van der Waals surface area contributed by atoms with Gasteiger partial charge in [-0.2, -0.15) is 0 Å².